The summed E-state index contributed by atoms with van der Waals surface area (Å²) in [6.45, 7) is 0. The molecule has 0 N–H and O–H groups in total. The first-order valence-corrected chi connectivity index (χ1v) is 2.96. The fraction of sp³-hybridized carbons (Fsp3) is 0.333. The van der Waals surface area contributed by atoms with Crippen LogP contribution in [0.3, 0.4) is 0 Å². The van der Waals surface area contributed by atoms with Crippen LogP contribution in [0.1, 0.15) is 0 Å². The predicted octanol–water partition coefficient (Wildman–Crippen LogP) is -0.268. The van der Waals surface area contributed by atoms with Gasteiger partial charge < -0.3 is 14.7 Å². The molecule has 0 aromatic carbocycles. The molecule has 11 heavy (non-hydrogen) atoms. The minimum Gasteiger partial charge on any atom is -0.594 e. The third-order valence-electron chi connectivity index (χ3n) is 1.15. The van der Waals surface area contributed by atoms with Gasteiger partial charge in [0.1, 0.15) is 0 Å². The topological polar surface area (TPSA) is 58.3 Å². The Labute approximate surface area is 63.8 Å². The number of ether oxygens (including phenoxy) is 2. The Morgan fingerprint density at radius 2 is 2.18 bits per heavy atom. The Balaban J connectivity index is 3.02. The van der Waals surface area contributed by atoms with Gasteiger partial charge in [0.05, 0.1) is 25.4 Å². The van der Waals surface area contributed by atoms with Gasteiger partial charge in [-0.15, -0.1) is 0 Å². The van der Waals surface area contributed by atoms with Crippen LogP contribution in [0.2, 0.25) is 0 Å². The lowest BCUT2D eigenvalue weighted by Gasteiger charge is -2.00. The molecule has 5 heteroatoms. The lowest BCUT2D eigenvalue weighted by molar-refractivity contribution is -0.670. The molecule has 0 bridgehead atoms. The van der Waals surface area contributed by atoms with E-state index in [0.717, 1.165) is 0 Å². The number of hydrogen-bond donors (Lipinski definition) is 0. The molecule has 0 unspecified atom stereocenters. The second kappa shape index (κ2) is 3.05. The summed E-state index contributed by atoms with van der Waals surface area (Å²) in [5.74, 6) is 0.659. The molecular formula is C6H8N2O3. The largest absolute Gasteiger partial charge is 0.594 e. The van der Waals surface area contributed by atoms with Crippen molar-refractivity contribution in [1.82, 2.24) is 5.10 Å². The van der Waals surface area contributed by atoms with Crippen LogP contribution in [0, 0.1) is 5.21 Å². The minimum atomic E-state index is 0.236. The fourth-order valence-corrected chi connectivity index (χ4v) is 0.634. The van der Waals surface area contributed by atoms with E-state index in [1.165, 1.54) is 26.5 Å². The van der Waals surface area contributed by atoms with Crippen LogP contribution < -0.4 is 14.3 Å². The molecule has 0 amide bonds. The Morgan fingerprint density at radius 1 is 1.45 bits per heavy atom. The zero-order valence-electron chi connectivity index (χ0n) is 6.27. The van der Waals surface area contributed by atoms with E-state index >= 15 is 0 Å². The van der Waals surface area contributed by atoms with Crippen LogP contribution >= 0.6 is 0 Å². The summed E-state index contributed by atoms with van der Waals surface area (Å²) in [5.41, 5.74) is 0. The Morgan fingerprint density at radius 3 is 2.73 bits per heavy atom. The van der Waals surface area contributed by atoms with E-state index < -0.39 is 0 Å². The molecular weight excluding hydrogens is 148 g/mol. The first-order chi connectivity index (χ1) is 5.26. The van der Waals surface area contributed by atoms with E-state index in [1.807, 2.05) is 0 Å². The fourth-order valence-electron chi connectivity index (χ4n) is 0.634. The zero-order chi connectivity index (χ0) is 8.27. The Bertz CT molecular complexity index is 229. The van der Waals surface area contributed by atoms with Crippen LogP contribution in [-0.2, 0) is 0 Å². The van der Waals surface area contributed by atoms with Crippen molar-refractivity contribution in [1.29, 1.82) is 0 Å². The maximum absolute atomic E-state index is 10.7. The lowest BCUT2D eigenvalue weighted by Crippen LogP contribution is -2.30. The Hall–Kier alpha value is -1.52. The van der Waals surface area contributed by atoms with Gasteiger partial charge in [0.2, 0.25) is 0 Å². The second-order valence-electron chi connectivity index (χ2n) is 1.82. The molecule has 0 radical (unpaired) electrons. The molecule has 1 aromatic rings. The van der Waals surface area contributed by atoms with Crippen LogP contribution in [0.15, 0.2) is 12.3 Å². The van der Waals surface area contributed by atoms with Crippen molar-refractivity contribution >= 4 is 0 Å². The molecule has 1 aromatic heterocycles. The molecule has 0 spiro atoms. The quantitative estimate of drug-likeness (QED) is 0.437. The second-order valence-corrected chi connectivity index (χ2v) is 1.82. The van der Waals surface area contributed by atoms with Gasteiger partial charge in [-0.05, 0) is 0 Å². The zero-order valence-corrected chi connectivity index (χ0v) is 6.27. The highest BCUT2D eigenvalue weighted by Crippen LogP contribution is 2.11. The van der Waals surface area contributed by atoms with Gasteiger partial charge in [-0.25, -0.2) is 0 Å². The number of rotatable bonds is 2. The third kappa shape index (κ3) is 1.70. The number of hydrogen-bond acceptors (Lipinski definition) is 4. The first-order valence-electron chi connectivity index (χ1n) is 2.96. The van der Waals surface area contributed by atoms with Gasteiger partial charge in [-0.3, -0.25) is 0 Å². The summed E-state index contributed by atoms with van der Waals surface area (Å²) in [7, 11) is 2.90. The van der Waals surface area contributed by atoms with Crippen molar-refractivity contribution in [2.75, 3.05) is 14.2 Å². The van der Waals surface area contributed by atoms with Crippen molar-refractivity contribution in [2.24, 2.45) is 0 Å². The minimum absolute atomic E-state index is 0.236. The SMILES string of the molecule is COc1cc(OC)n[n+]([O-])c1. The van der Waals surface area contributed by atoms with E-state index in [-0.39, 0.29) is 5.88 Å². The smallest absolute Gasteiger partial charge is 0.283 e. The molecule has 0 aliphatic carbocycles. The normalized spacial score (nSPS) is 9.27. The maximum Gasteiger partial charge on any atom is 0.283 e. The average Bonchev–Trinajstić information content (AvgIpc) is 2.03. The molecule has 5 nitrogen and oxygen atoms in total. The van der Waals surface area contributed by atoms with Crippen molar-refractivity contribution in [3.8, 4) is 11.6 Å². The van der Waals surface area contributed by atoms with E-state index in [1.54, 1.807) is 0 Å². The van der Waals surface area contributed by atoms with Crippen LogP contribution in [0.4, 0.5) is 0 Å². The third-order valence-corrected chi connectivity index (χ3v) is 1.15. The Kier molecular flexibility index (Phi) is 2.10. The summed E-state index contributed by atoms with van der Waals surface area (Å²) in [6, 6.07) is 1.52. The van der Waals surface area contributed by atoms with Crippen molar-refractivity contribution in [2.45, 2.75) is 0 Å². The highest BCUT2D eigenvalue weighted by Gasteiger charge is 2.03. The van der Waals surface area contributed by atoms with Gasteiger partial charge >= 0.3 is 0 Å². The van der Waals surface area contributed by atoms with Crippen LogP contribution in [-0.4, -0.2) is 19.3 Å². The summed E-state index contributed by atoms with van der Waals surface area (Å²) in [4.78, 5) is 0.387. The van der Waals surface area contributed by atoms with Gasteiger partial charge in [0.15, 0.2) is 5.75 Å². The van der Waals surface area contributed by atoms with E-state index in [9.17, 15) is 5.21 Å². The molecule has 0 atom stereocenters. The van der Waals surface area contributed by atoms with Crippen LogP contribution in [0.25, 0.3) is 0 Å². The molecule has 0 fully saturated rings. The molecule has 1 heterocycles. The molecule has 60 valence electrons. The molecule has 0 saturated carbocycles. The lowest BCUT2D eigenvalue weighted by atomic mass is 10.5. The van der Waals surface area contributed by atoms with E-state index in [4.69, 9.17) is 9.47 Å². The maximum atomic E-state index is 10.7. The number of aromatic nitrogens is 2. The van der Waals surface area contributed by atoms with Crippen molar-refractivity contribution in [3.63, 3.8) is 0 Å². The average molecular weight is 156 g/mol. The summed E-state index contributed by atoms with van der Waals surface area (Å²) in [5, 5.41) is 14.1. The molecule has 0 aliphatic rings. The van der Waals surface area contributed by atoms with Crippen molar-refractivity contribution in [3.05, 3.63) is 17.5 Å². The standard InChI is InChI=1S/C6H8N2O3/c1-10-5-3-6(11-2)7-8(9)4-5/h3-4H,1-2H3. The molecule has 0 aliphatic heterocycles. The summed E-state index contributed by atoms with van der Waals surface area (Å²) in [6.07, 6.45) is 1.21. The van der Waals surface area contributed by atoms with E-state index in [0.29, 0.717) is 10.6 Å². The summed E-state index contributed by atoms with van der Waals surface area (Å²) >= 11 is 0. The van der Waals surface area contributed by atoms with Gasteiger partial charge in [-0.2, -0.15) is 0 Å². The van der Waals surface area contributed by atoms with Gasteiger partial charge in [0, 0.05) is 0 Å². The highest BCUT2D eigenvalue weighted by atomic mass is 16.5. The summed E-state index contributed by atoms with van der Waals surface area (Å²) < 4.78 is 9.52. The molecule has 0 saturated heterocycles. The highest BCUT2D eigenvalue weighted by molar-refractivity contribution is 5.20. The van der Waals surface area contributed by atoms with Gasteiger partial charge in [0.25, 0.3) is 12.1 Å². The van der Waals surface area contributed by atoms with Crippen molar-refractivity contribution < 1.29 is 14.3 Å². The number of methoxy groups -OCH3 is 2. The predicted molar refractivity (Wildman–Crippen MR) is 36.3 cm³/mol. The first kappa shape index (κ1) is 7.59. The monoisotopic (exact) mass is 156 g/mol. The molecule has 1 rings (SSSR count). The van der Waals surface area contributed by atoms with Gasteiger partial charge in [-0.1, -0.05) is 4.85 Å². The van der Waals surface area contributed by atoms with Crippen LogP contribution in [0.5, 0.6) is 11.6 Å². The van der Waals surface area contributed by atoms with E-state index in [2.05, 4.69) is 5.10 Å². The number of nitrogens with zero attached hydrogens (tertiary/aromatic N) is 2.